The highest BCUT2D eigenvalue weighted by Gasteiger charge is 2.26. The molecule has 4 rings (SSSR count). The number of amides is 1. The van der Waals surface area contributed by atoms with Crippen LogP contribution in [0, 0.1) is 13.8 Å². The Labute approximate surface area is 175 Å². The number of benzene rings is 2. The molecule has 152 valence electrons. The van der Waals surface area contributed by atoms with Crippen molar-refractivity contribution in [2.75, 3.05) is 25.2 Å². The van der Waals surface area contributed by atoms with E-state index in [1.165, 1.54) is 11.1 Å². The van der Waals surface area contributed by atoms with Gasteiger partial charge in [0.15, 0.2) is 5.13 Å². The third-order valence-electron chi connectivity index (χ3n) is 5.45. The van der Waals surface area contributed by atoms with E-state index in [0.717, 1.165) is 46.1 Å². The highest BCUT2D eigenvalue weighted by atomic mass is 32.1. The lowest BCUT2D eigenvalue weighted by Gasteiger charge is -2.23. The second-order valence-corrected chi connectivity index (χ2v) is 8.57. The molecule has 0 saturated carbocycles. The van der Waals surface area contributed by atoms with E-state index in [2.05, 4.69) is 26.0 Å². The molecule has 1 saturated heterocycles. The topological polar surface area (TPSA) is 51.7 Å². The van der Waals surface area contributed by atoms with Crippen molar-refractivity contribution >= 4 is 32.6 Å². The number of hydrogen-bond donors (Lipinski definition) is 0. The van der Waals surface area contributed by atoms with Crippen LogP contribution in [0.4, 0.5) is 5.13 Å². The van der Waals surface area contributed by atoms with Crippen LogP contribution in [0.25, 0.3) is 10.2 Å². The largest absolute Gasteiger partial charge is 0.497 e. The molecule has 0 aliphatic carbocycles. The number of aromatic nitrogens is 1. The van der Waals surface area contributed by atoms with Crippen molar-refractivity contribution < 1.29 is 14.3 Å². The quantitative estimate of drug-likeness (QED) is 0.592. The summed E-state index contributed by atoms with van der Waals surface area (Å²) in [6.45, 7) is 5.51. The van der Waals surface area contributed by atoms with Gasteiger partial charge in [0, 0.05) is 6.61 Å². The van der Waals surface area contributed by atoms with E-state index < -0.39 is 0 Å². The zero-order valence-corrected chi connectivity index (χ0v) is 17.9. The van der Waals surface area contributed by atoms with E-state index in [9.17, 15) is 4.79 Å². The third kappa shape index (κ3) is 4.43. The summed E-state index contributed by atoms with van der Waals surface area (Å²) in [7, 11) is 1.64. The Bertz CT molecular complexity index is 968. The number of thiazole rings is 1. The van der Waals surface area contributed by atoms with Gasteiger partial charge in [-0.1, -0.05) is 23.5 Å². The first-order valence-electron chi connectivity index (χ1n) is 9.96. The van der Waals surface area contributed by atoms with Gasteiger partial charge in [-0.2, -0.15) is 0 Å². The number of aryl methyl sites for hydroxylation is 2. The Morgan fingerprint density at radius 2 is 2.00 bits per heavy atom. The van der Waals surface area contributed by atoms with Crippen LogP contribution in [-0.4, -0.2) is 37.3 Å². The van der Waals surface area contributed by atoms with Gasteiger partial charge in [-0.3, -0.25) is 9.69 Å². The van der Waals surface area contributed by atoms with E-state index in [1.807, 2.05) is 29.2 Å². The lowest BCUT2D eigenvalue weighted by atomic mass is 10.1. The number of methoxy groups -OCH3 is 1. The fourth-order valence-electron chi connectivity index (χ4n) is 3.58. The molecule has 1 aliphatic heterocycles. The third-order valence-corrected chi connectivity index (χ3v) is 6.49. The molecule has 2 aromatic carbocycles. The summed E-state index contributed by atoms with van der Waals surface area (Å²) < 4.78 is 12.1. The molecule has 3 aromatic rings. The maximum atomic E-state index is 13.3. The summed E-state index contributed by atoms with van der Waals surface area (Å²) in [6.07, 6.45) is 2.43. The van der Waals surface area contributed by atoms with E-state index in [-0.39, 0.29) is 12.0 Å². The minimum atomic E-state index is 0.0400. The molecule has 29 heavy (non-hydrogen) atoms. The van der Waals surface area contributed by atoms with Gasteiger partial charge in [0.05, 0.1) is 36.4 Å². The molecule has 0 bridgehead atoms. The number of nitrogens with zero attached hydrogens (tertiary/aromatic N) is 2. The van der Waals surface area contributed by atoms with Gasteiger partial charge in [-0.25, -0.2) is 4.98 Å². The summed E-state index contributed by atoms with van der Waals surface area (Å²) in [5.74, 6) is 0.826. The van der Waals surface area contributed by atoms with Crippen LogP contribution in [0.5, 0.6) is 5.75 Å². The molecule has 1 amide bonds. The standard InChI is InChI=1S/C23H26N2O3S/c1-15-11-20-21(12-16(15)2)29-23(24-20)25(14-19-5-4-10-28-19)22(26)13-17-6-8-18(27-3)9-7-17/h6-9,11-12,19H,4-5,10,13-14H2,1-3H3. The Morgan fingerprint density at radius 1 is 1.24 bits per heavy atom. The highest BCUT2D eigenvalue weighted by molar-refractivity contribution is 7.22. The van der Waals surface area contributed by atoms with Crippen molar-refractivity contribution in [2.24, 2.45) is 0 Å². The lowest BCUT2D eigenvalue weighted by molar-refractivity contribution is -0.118. The first-order chi connectivity index (χ1) is 14.0. The molecule has 2 heterocycles. The zero-order valence-electron chi connectivity index (χ0n) is 17.1. The number of ether oxygens (including phenoxy) is 2. The first kappa shape index (κ1) is 19.9. The first-order valence-corrected chi connectivity index (χ1v) is 10.8. The number of carbonyl (C=O) groups excluding carboxylic acids is 1. The number of hydrogen-bond acceptors (Lipinski definition) is 5. The predicted octanol–water partition coefficient (Wildman–Crippen LogP) is 4.68. The molecular formula is C23H26N2O3S. The fraction of sp³-hybridized carbons (Fsp3) is 0.391. The maximum absolute atomic E-state index is 13.3. The van der Waals surface area contributed by atoms with Gasteiger partial charge in [0.2, 0.25) is 5.91 Å². The van der Waals surface area contributed by atoms with Crippen molar-refractivity contribution in [3.05, 3.63) is 53.1 Å². The van der Waals surface area contributed by atoms with Crippen molar-refractivity contribution in [1.82, 2.24) is 4.98 Å². The Morgan fingerprint density at radius 3 is 2.69 bits per heavy atom. The SMILES string of the molecule is COc1ccc(CC(=O)N(CC2CCCO2)c2nc3cc(C)c(C)cc3s2)cc1. The van der Waals surface area contributed by atoms with E-state index in [1.54, 1.807) is 18.4 Å². The number of fused-ring (bicyclic) bond motifs is 1. The summed E-state index contributed by atoms with van der Waals surface area (Å²) in [4.78, 5) is 19.9. The average Bonchev–Trinajstić information content (AvgIpc) is 3.36. The van der Waals surface area contributed by atoms with Gasteiger partial charge in [0.1, 0.15) is 5.75 Å². The smallest absolute Gasteiger partial charge is 0.233 e. The second kappa shape index (κ2) is 8.51. The van der Waals surface area contributed by atoms with Crippen LogP contribution in [-0.2, 0) is 16.0 Å². The normalized spacial score (nSPS) is 16.3. The van der Waals surface area contributed by atoms with E-state index >= 15 is 0 Å². The Kier molecular flexibility index (Phi) is 5.83. The van der Waals surface area contributed by atoms with Crippen LogP contribution in [0.2, 0.25) is 0 Å². The van der Waals surface area contributed by atoms with Gasteiger partial charge in [-0.05, 0) is 67.6 Å². The van der Waals surface area contributed by atoms with E-state index in [4.69, 9.17) is 14.5 Å². The highest BCUT2D eigenvalue weighted by Crippen LogP contribution is 2.32. The summed E-state index contributed by atoms with van der Waals surface area (Å²) in [5, 5.41) is 0.749. The lowest BCUT2D eigenvalue weighted by Crippen LogP contribution is -2.38. The minimum absolute atomic E-state index is 0.0400. The number of carbonyl (C=O) groups is 1. The zero-order chi connectivity index (χ0) is 20.4. The molecular weight excluding hydrogens is 384 g/mol. The molecule has 1 atom stereocenters. The van der Waals surface area contributed by atoms with Crippen molar-refractivity contribution in [3.8, 4) is 5.75 Å². The molecule has 1 fully saturated rings. The second-order valence-electron chi connectivity index (χ2n) is 7.56. The summed E-state index contributed by atoms with van der Waals surface area (Å²) in [6, 6.07) is 11.9. The fourth-order valence-corrected chi connectivity index (χ4v) is 4.65. The molecule has 1 aliphatic rings. The van der Waals surface area contributed by atoms with Crippen molar-refractivity contribution in [3.63, 3.8) is 0 Å². The van der Waals surface area contributed by atoms with Gasteiger partial charge >= 0.3 is 0 Å². The van der Waals surface area contributed by atoms with E-state index in [0.29, 0.717) is 13.0 Å². The van der Waals surface area contributed by atoms with Crippen LogP contribution < -0.4 is 9.64 Å². The number of rotatable bonds is 6. The van der Waals surface area contributed by atoms with Gasteiger partial charge in [-0.15, -0.1) is 0 Å². The molecule has 6 heteroatoms. The Hall–Kier alpha value is -2.44. The predicted molar refractivity (Wildman–Crippen MR) is 117 cm³/mol. The average molecular weight is 411 g/mol. The monoisotopic (exact) mass is 410 g/mol. The van der Waals surface area contributed by atoms with Crippen LogP contribution in [0.3, 0.4) is 0 Å². The van der Waals surface area contributed by atoms with Crippen LogP contribution in [0.15, 0.2) is 36.4 Å². The molecule has 5 nitrogen and oxygen atoms in total. The molecule has 1 aromatic heterocycles. The maximum Gasteiger partial charge on any atom is 0.233 e. The number of anilines is 1. The van der Waals surface area contributed by atoms with Gasteiger partial charge in [0.25, 0.3) is 0 Å². The molecule has 1 unspecified atom stereocenters. The summed E-state index contributed by atoms with van der Waals surface area (Å²) >= 11 is 1.58. The molecule has 0 radical (unpaired) electrons. The van der Waals surface area contributed by atoms with Crippen molar-refractivity contribution in [2.45, 2.75) is 39.2 Å². The van der Waals surface area contributed by atoms with Gasteiger partial charge < -0.3 is 9.47 Å². The molecule has 0 N–H and O–H groups in total. The summed E-state index contributed by atoms with van der Waals surface area (Å²) in [5.41, 5.74) is 4.36. The molecule has 0 spiro atoms. The van der Waals surface area contributed by atoms with Crippen LogP contribution >= 0.6 is 11.3 Å². The minimum Gasteiger partial charge on any atom is -0.497 e. The van der Waals surface area contributed by atoms with Crippen molar-refractivity contribution in [1.29, 1.82) is 0 Å². The Balaban J connectivity index is 1.62. The van der Waals surface area contributed by atoms with Crippen LogP contribution in [0.1, 0.15) is 29.5 Å².